The summed E-state index contributed by atoms with van der Waals surface area (Å²) in [5.41, 5.74) is 11.2. The molecule has 0 aromatic carbocycles. The Morgan fingerprint density at radius 1 is 0.500 bits per heavy atom. The summed E-state index contributed by atoms with van der Waals surface area (Å²) >= 11 is 0. The zero-order chi connectivity index (χ0) is 20.5. The summed E-state index contributed by atoms with van der Waals surface area (Å²) in [7, 11) is 0. The van der Waals surface area contributed by atoms with E-state index in [1.165, 1.54) is 25.7 Å². The van der Waals surface area contributed by atoms with Crippen molar-refractivity contribution in [2.45, 2.75) is 51.9 Å². The van der Waals surface area contributed by atoms with Crippen LogP contribution in [0.5, 0.6) is 0 Å². The largest absolute Gasteiger partial charge is 0.379 e. The van der Waals surface area contributed by atoms with E-state index in [0.717, 1.165) is 65.2 Å². The maximum atomic E-state index is 5.72. The number of hydrogen-bond acceptors (Lipinski definition) is 7. The molecule has 0 rings (SSSR count). The van der Waals surface area contributed by atoms with Gasteiger partial charge in [-0.25, -0.2) is 0 Å². The van der Waals surface area contributed by atoms with Gasteiger partial charge in [0.1, 0.15) is 0 Å². The van der Waals surface area contributed by atoms with E-state index in [1.807, 2.05) is 0 Å². The molecular formula is C21H47N3O4. The van der Waals surface area contributed by atoms with Gasteiger partial charge in [0.05, 0.1) is 46.2 Å². The summed E-state index contributed by atoms with van der Waals surface area (Å²) in [6.45, 7) is 12.2. The number of nitrogens with two attached hydrogens (primary N) is 2. The molecule has 0 aliphatic rings. The van der Waals surface area contributed by atoms with E-state index in [-0.39, 0.29) is 0 Å². The lowest BCUT2D eigenvalue weighted by atomic mass is 10.2. The molecule has 0 spiro atoms. The average Bonchev–Trinajstić information content (AvgIpc) is 2.71. The van der Waals surface area contributed by atoms with Crippen molar-refractivity contribution < 1.29 is 18.9 Å². The molecule has 0 fully saturated rings. The minimum atomic E-state index is 0.603. The Morgan fingerprint density at radius 3 is 1.36 bits per heavy atom. The molecular weight excluding hydrogens is 358 g/mol. The molecule has 0 amide bonds. The van der Waals surface area contributed by atoms with E-state index in [2.05, 4.69) is 11.8 Å². The zero-order valence-electron chi connectivity index (χ0n) is 18.4. The maximum Gasteiger partial charge on any atom is 0.0701 e. The molecule has 0 aliphatic carbocycles. The fourth-order valence-electron chi connectivity index (χ4n) is 2.75. The van der Waals surface area contributed by atoms with Crippen molar-refractivity contribution in [1.29, 1.82) is 0 Å². The highest BCUT2D eigenvalue weighted by Gasteiger charge is 2.04. The minimum absolute atomic E-state index is 0.603. The van der Waals surface area contributed by atoms with Gasteiger partial charge in [0.25, 0.3) is 0 Å². The van der Waals surface area contributed by atoms with Crippen molar-refractivity contribution in [3.8, 4) is 0 Å². The number of rotatable bonds is 24. The number of nitrogens with zero attached hydrogens (tertiary/aromatic N) is 1. The minimum Gasteiger partial charge on any atom is -0.379 e. The van der Waals surface area contributed by atoms with E-state index in [4.69, 9.17) is 30.4 Å². The van der Waals surface area contributed by atoms with Crippen LogP contribution in [0.2, 0.25) is 0 Å². The normalized spacial score (nSPS) is 11.6. The van der Waals surface area contributed by atoms with Gasteiger partial charge in [0.2, 0.25) is 0 Å². The Bertz CT molecular complexity index is 274. The Hall–Kier alpha value is -0.280. The van der Waals surface area contributed by atoms with Crippen molar-refractivity contribution in [3.63, 3.8) is 0 Å². The molecule has 0 aromatic rings. The summed E-state index contributed by atoms with van der Waals surface area (Å²) < 4.78 is 22.0. The number of unbranched alkanes of at least 4 members (excludes halogenated alkanes) is 4. The third kappa shape index (κ3) is 22.0. The Balaban J connectivity index is 3.52. The van der Waals surface area contributed by atoms with Gasteiger partial charge in [0, 0.05) is 13.2 Å². The van der Waals surface area contributed by atoms with Gasteiger partial charge >= 0.3 is 0 Å². The molecule has 0 bridgehead atoms. The fraction of sp³-hybridized carbons (Fsp3) is 1.00. The van der Waals surface area contributed by atoms with Gasteiger partial charge in [-0.05, 0) is 58.3 Å². The third-order valence-corrected chi connectivity index (χ3v) is 4.37. The van der Waals surface area contributed by atoms with Gasteiger partial charge in [-0.3, -0.25) is 0 Å². The molecule has 0 saturated carbocycles. The van der Waals surface area contributed by atoms with Crippen LogP contribution in [0, 0.1) is 0 Å². The molecule has 0 saturated heterocycles. The zero-order valence-corrected chi connectivity index (χ0v) is 18.4. The van der Waals surface area contributed by atoms with Gasteiger partial charge < -0.3 is 35.3 Å². The monoisotopic (exact) mass is 405 g/mol. The molecule has 0 heterocycles. The van der Waals surface area contributed by atoms with Crippen molar-refractivity contribution in [2.24, 2.45) is 11.5 Å². The Labute approximate surface area is 173 Å². The summed E-state index contributed by atoms with van der Waals surface area (Å²) in [6.07, 6.45) is 8.11. The molecule has 0 atom stereocenters. The lowest BCUT2D eigenvalue weighted by molar-refractivity contribution is -0.00386. The fourth-order valence-corrected chi connectivity index (χ4v) is 2.75. The molecule has 0 aromatic heterocycles. The van der Waals surface area contributed by atoms with Crippen LogP contribution < -0.4 is 11.5 Å². The molecule has 0 aliphatic heterocycles. The van der Waals surface area contributed by atoms with Crippen LogP contribution in [0.1, 0.15) is 51.9 Å². The van der Waals surface area contributed by atoms with E-state index in [0.29, 0.717) is 39.6 Å². The van der Waals surface area contributed by atoms with Gasteiger partial charge in [0.15, 0.2) is 0 Å². The molecule has 0 radical (unpaired) electrons. The van der Waals surface area contributed by atoms with Crippen LogP contribution in [0.3, 0.4) is 0 Å². The van der Waals surface area contributed by atoms with Crippen LogP contribution in [0.15, 0.2) is 0 Å². The standard InChI is InChI=1S/C21H47N3O4/c1-2-14-25-16-18-27-20-21-28-19-17-26-15-13-24(11-7-3-5-9-22)12-8-4-6-10-23/h2-23H2,1H3. The van der Waals surface area contributed by atoms with Gasteiger partial charge in [-0.1, -0.05) is 19.8 Å². The van der Waals surface area contributed by atoms with Crippen LogP contribution in [0.25, 0.3) is 0 Å². The first kappa shape index (κ1) is 27.7. The topological polar surface area (TPSA) is 92.2 Å². The predicted molar refractivity (Wildman–Crippen MR) is 116 cm³/mol. The van der Waals surface area contributed by atoms with E-state index < -0.39 is 0 Å². The third-order valence-electron chi connectivity index (χ3n) is 4.37. The van der Waals surface area contributed by atoms with Crippen molar-refractivity contribution in [2.75, 3.05) is 85.6 Å². The second kappa shape index (κ2) is 24.8. The first-order valence-corrected chi connectivity index (χ1v) is 11.3. The Kier molecular flexibility index (Phi) is 24.5. The van der Waals surface area contributed by atoms with Crippen LogP contribution in [0.4, 0.5) is 0 Å². The molecule has 28 heavy (non-hydrogen) atoms. The summed E-state index contributed by atoms with van der Waals surface area (Å²) in [6, 6.07) is 0. The summed E-state index contributed by atoms with van der Waals surface area (Å²) in [5.74, 6) is 0. The average molecular weight is 406 g/mol. The smallest absolute Gasteiger partial charge is 0.0701 e. The highest BCUT2D eigenvalue weighted by Crippen LogP contribution is 2.02. The van der Waals surface area contributed by atoms with Crippen molar-refractivity contribution in [3.05, 3.63) is 0 Å². The second-order valence-electron chi connectivity index (χ2n) is 6.99. The molecule has 170 valence electrons. The highest BCUT2D eigenvalue weighted by molar-refractivity contribution is 4.59. The lowest BCUT2D eigenvalue weighted by Crippen LogP contribution is -2.30. The van der Waals surface area contributed by atoms with Crippen molar-refractivity contribution in [1.82, 2.24) is 4.90 Å². The Morgan fingerprint density at radius 2 is 0.929 bits per heavy atom. The lowest BCUT2D eigenvalue weighted by Gasteiger charge is -2.22. The molecule has 7 heteroatoms. The molecule has 7 nitrogen and oxygen atoms in total. The second-order valence-corrected chi connectivity index (χ2v) is 6.99. The van der Waals surface area contributed by atoms with Crippen LogP contribution >= 0.6 is 0 Å². The van der Waals surface area contributed by atoms with Gasteiger partial charge in [-0.15, -0.1) is 0 Å². The van der Waals surface area contributed by atoms with E-state index in [9.17, 15) is 0 Å². The number of hydrogen-bond donors (Lipinski definition) is 2. The quantitative estimate of drug-likeness (QED) is 0.237. The van der Waals surface area contributed by atoms with Crippen LogP contribution in [-0.2, 0) is 18.9 Å². The highest BCUT2D eigenvalue weighted by atomic mass is 16.6. The predicted octanol–water partition coefficient (Wildman–Crippen LogP) is 2.02. The molecule has 4 N–H and O–H groups in total. The van der Waals surface area contributed by atoms with Crippen LogP contribution in [-0.4, -0.2) is 90.5 Å². The number of ether oxygens (including phenoxy) is 4. The first-order chi connectivity index (χ1) is 13.8. The maximum absolute atomic E-state index is 5.72. The summed E-state index contributed by atoms with van der Waals surface area (Å²) in [5, 5.41) is 0. The first-order valence-electron chi connectivity index (χ1n) is 11.3. The summed E-state index contributed by atoms with van der Waals surface area (Å²) in [4.78, 5) is 2.50. The van der Waals surface area contributed by atoms with E-state index >= 15 is 0 Å². The molecule has 0 unspecified atom stereocenters. The van der Waals surface area contributed by atoms with Gasteiger partial charge in [-0.2, -0.15) is 0 Å². The SMILES string of the molecule is CCCOCCOCCOCCOCCN(CCCCCN)CCCCCN. The van der Waals surface area contributed by atoms with E-state index in [1.54, 1.807) is 0 Å². The van der Waals surface area contributed by atoms with Crippen molar-refractivity contribution >= 4 is 0 Å².